The first kappa shape index (κ1) is 22.1. The zero-order valence-electron chi connectivity index (χ0n) is 16.8. The molecule has 1 atom stereocenters. The summed E-state index contributed by atoms with van der Waals surface area (Å²) in [6.07, 6.45) is 0.141. The van der Waals surface area contributed by atoms with Crippen molar-refractivity contribution in [2.24, 2.45) is 0 Å². The highest BCUT2D eigenvalue weighted by Gasteiger charge is 2.23. The van der Waals surface area contributed by atoms with Gasteiger partial charge in [0.25, 0.3) is 5.91 Å². The lowest BCUT2D eigenvalue weighted by Gasteiger charge is -2.20. The standard InChI is InChI=1S/C22H24FNO5/c1-22(2,3)29-20(26)15-10-8-14(9-11-15)12-18(21(27)28-4)24-19(25)16-6-5-7-17(23)13-16/h5-11,13,18H,12H2,1-4H3,(H,24,25)/t18-/m1/s1. The summed E-state index contributed by atoms with van der Waals surface area (Å²) < 4.78 is 23.4. The molecule has 0 fully saturated rings. The van der Waals surface area contributed by atoms with E-state index in [1.54, 1.807) is 45.0 Å². The van der Waals surface area contributed by atoms with Crippen LogP contribution in [0.3, 0.4) is 0 Å². The molecule has 154 valence electrons. The molecule has 1 amide bonds. The lowest BCUT2D eigenvalue weighted by atomic mass is 10.0. The van der Waals surface area contributed by atoms with Gasteiger partial charge >= 0.3 is 11.9 Å². The number of rotatable bonds is 6. The Labute approximate surface area is 169 Å². The maximum Gasteiger partial charge on any atom is 0.338 e. The molecule has 0 bridgehead atoms. The van der Waals surface area contributed by atoms with Gasteiger partial charge in [0.1, 0.15) is 17.5 Å². The predicted octanol–water partition coefficient (Wildman–Crippen LogP) is 3.30. The highest BCUT2D eigenvalue weighted by atomic mass is 19.1. The van der Waals surface area contributed by atoms with Crippen molar-refractivity contribution in [2.75, 3.05) is 7.11 Å². The molecule has 0 radical (unpaired) electrons. The van der Waals surface area contributed by atoms with E-state index in [4.69, 9.17) is 9.47 Å². The Balaban J connectivity index is 2.11. The summed E-state index contributed by atoms with van der Waals surface area (Å²) in [6.45, 7) is 5.34. The predicted molar refractivity (Wildman–Crippen MR) is 105 cm³/mol. The molecule has 2 rings (SSSR count). The summed E-state index contributed by atoms with van der Waals surface area (Å²) in [5.41, 5.74) is 0.570. The molecule has 0 unspecified atom stereocenters. The van der Waals surface area contributed by atoms with Gasteiger partial charge in [0.2, 0.25) is 0 Å². The van der Waals surface area contributed by atoms with Crippen molar-refractivity contribution in [3.05, 3.63) is 71.0 Å². The number of amides is 1. The van der Waals surface area contributed by atoms with Gasteiger partial charge < -0.3 is 14.8 Å². The number of methoxy groups -OCH3 is 1. The first-order chi connectivity index (χ1) is 13.6. The molecule has 0 aliphatic rings. The van der Waals surface area contributed by atoms with Crippen LogP contribution in [-0.4, -0.2) is 36.6 Å². The molecule has 0 aliphatic carbocycles. The lowest BCUT2D eigenvalue weighted by molar-refractivity contribution is -0.142. The topological polar surface area (TPSA) is 81.7 Å². The second kappa shape index (κ2) is 9.32. The number of esters is 2. The minimum atomic E-state index is -0.969. The quantitative estimate of drug-likeness (QED) is 0.751. The molecule has 29 heavy (non-hydrogen) atoms. The van der Waals surface area contributed by atoms with E-state index in [2.05, 4.69) is 5.32 Å². The zero-order chi connectivity index (χ0) is 21.6. The van der Waals surface area contributed by atoms with Gasteiger partial charge in [-0.1, -0.05) is 18.2 Å². The number of nitrogens with one attached hydrogen (secondary N) is 1. The Morgan fingerprint density at radius 1 is 1.03 bits per heavy atom. The highest BCUT2D eigenvalue weighted by Crippen LogP contribution is 2.14. The second-order valence-corrected chi connectivity index (χ2v) is 7.46. The Morgan fingerprint density at radius 3 is 2.24 bits per heavy atom. The average molecular weight is 401 g/mol. The Bertz CT molecular complexity index is 887. The summed E-state index contributed by atoms with van der Waals surface area (Å²) in [5, 5.41) is 2.56. The average Bonchev–Trinajstić information content (AvgIpc) is 2.66. The van der Waals surface area contributed by atoms with E-state index in [1.807, 2.05) is 0 Å². The van der Waals surface area contributed by atoms with E-state index in [0.717, 1.165) is 6.07 Å². The smallest absolute Gasteiger partial charge is 0.338 e. The van der Waals surface area contributed by atoms with Crippen LogP contribution >= 0.6 is 0 Å². The van der Waals surface area contributed by atoms with Gasteiger partial charge in [0, 0.05) is 12.0 Å². The maximum absolute atomic E-state index is 13.3. The molecule has 6 nitrogen and oxygen atoms in total. The minimum absolute atomic E-state index is 0.0965. The Hall–Kier alpha value is -3.22. The molecule has 1 N–H and O–H groups in total. The van der Waals surface area contributed by atoms with Crippen LogP contribution in [0, 0.1) is 5.82 Å². The van der Waals surface area contributed by atoms with Crippen LogP contribution in [0.15, 0.2) is 48.5 Å². The third-order valence-electron chi connectivity index (χ3n) is 3.91. The minimum Gasteiger partial charge on any atom is -0.467 e. The lowest BCUT2D eigenvalue weighted by Crippen LogP contribution is -2.43. The SMILES string of the molecule is COC(=O)[C@@H](Cc1ccc(C(=O)OC(C)(C)C)cc1)NC(=O)c1cccc(F)c1. The molecular formula is C22H24FNO5. The van der Waals surface area contributed by atoms with Crippen molar-refractivity contribution in [3.8, 4) is 0 Å². The molecule has 0 heterocycles. The van der Waals surface area contributed by atoms with Gasteiger partial charge in [-0.15, -0.1) is 0 Å². The fourth-order valence-corrected chi connectivity index (χ4v) is 2.56. The molecule has 0 saturated carbocycles. The van der Waals surface area contributed by atoms with E-state index in [1.165, 1.54) is 25.3 Å². The third kappa shape index (κ3) is 6.71. The van der Waals surface area contributed by atoms with Crippen LogP contribution in [0.25, 0.3) is 0 Å². The van der Waals surface area contributed by atoms with Crippen molar-refractivity contribution in [2.45, 2.75) is 38.8 Å². The number of benzene rings is 2. The van der Waals surface area contributed by atoms with Crippen LogP contribution < -0.4 is 5.32 Å². The molecule has 0 saturated heterocycles. The van der Waals surface area contributed by atoms with Gasteiger partial charge in [-0.05, 0) is 56.7 Å². The monoisotopic (exact) mass is 401 g/mol. The number of hydrogen-bond acceptors (Lipinski definition) is 5. The fourth-order valence-electron chi connectivity index (χ4n) is 2.56. The van der Waals surface area contributed by atoms with Gasteiger partial charge in [-0.25, -0.2) is 14.0 Å². The molecule has 0 aliphatic heterocycles. The third-order valence-corrected chi connectivity index (χ3v) is 3.91. The summed E-state index contributed by atoms with van der Waals surface area (Å²) >= 11 is 0. The normalized spacial score (nSPS) is 12.0. The summed E-state index contributed by atoms with van der Waals surface area (Å²) in [7, 11) is 1.22. The summed E-state index contributed by atoms with van der Waals surface area (Å²) in [5.74, 6) is -2.23. The van der Waals surface area contributed by atoms with Crippen LogP contribution in [0.2, 0.25) is 0 Å². The van der Waals surface area contributed by atoms with Crippen molar-refractivity contribution in [1.29, 1.82) is 0 Å². The van der Waals surface area contributed by atoms with E-state index in [9.17, 15) is 18.8 Å². The van der Waals surface area contributed by atoms with Crippen LogP contribution in [0.5, 0.6) is 0 Å². The van der Waals surface area contributed by atoms with Crippen LogP contribution in [-0.2, 0) is 20.7 Å². The van der Waals surface area contributed by atoms with Crippen molar-refractivity contribution < 1.29 is 28.2 Å². The summed E-state index contributed by atoms with van der Waals surface area (Å²) in [4.78, 5) is 36.5. The number of hydrogen-bond donors (Lipinski definition) is 1. The number of ether oxygens (including phenoxy) is 2. The maximum atomic E-state index is 13.3. The number of carbonyl (C=O) groups excluding carboxylic acids is 3. The Kier molecular flexibility index (Phi) is 7.09. The second-order valence-electron chi connectivity index (χ2n) is 7.46. The molecule has 0 aromatic heterocycles. The fraction of sp³-hybridized carbons (Fsp3) is 0.318. The van der Waals surface area contributed by atoms with Crippen molar-refractivity contribution in [1.82, 2.24) is 5.32 Å². The van der Waals surface area contributed by atoms with E-state index in [-0.39, 0.29) is 12.0 Å². The molecule has 7 heteroatoms. The first-order valence-electron chi connectivity index (χ1n) is 9.05. The van der Waals surface area contributed by atoms with E-state index in [0.29, 0.717) is 11.1 Å². The van der Waals surface area contributed by atoms with Crippen LogP contribution in [0.4, 0.5) is 4.39 Å². The Morgan fingerprint density at radius 2 is 1.69 bits per heavy atom. The number of halogens is 1. The zero-order valence-corrected chi connectivity index (χ0v) is 16.8. The summed E-state index contributed by atoms with van der Waals surface area (Å²) in [6, 6.07) is 10.7. The van der Waals surface area contributed by atoms with Gasteiger partial charge in [-0.3, -0.25) is 4.79 Å². The molecule has 2 aromatic carbocycles. The van der Waals surface area contributed by atoms with Crippen molar-refractivity contribution in [3.63, 3.8) is 0 Å². The van der Waals surface area contributed by atoms with Crippen LogP contribution in [0.1, 0.15) is 47.1 Å². The van der Waals surface area contributed by atoms with Gasteiger partial charge in [0.05, 0.1) is 12.7 Å². The largest absolute Gasteiger partial charge is 0.467 e. The molecular weight excluding hydrogens is 377 g/mol. The molecule has 0 spiro atoms. The van der Waals surface area contributed by atoms with Crippen molar-refractivity contribution >= 4 is 17.8 Å². The molecule has 2 aromatic rings. The number of carbonyl (C=O) groups is 3. The highest BCUT2D eigenvalue weighted by molar-refractivity contribution is 5.96. The van der Waals surface area contributed by atoms with E-state index >= 15 is 0 Å². The van der Waals surface area contributed by atoms with E-state index < -0.39 is 35.3 Å². The first-order valence-corrected chi connectivity index (χ1v) is 9.05. The van der Waals surface area contributed by atoms with Gasteiger partial charge in [0.15, 0.2) is 0 Å². The van der Waals surface area contributed by atoms with Gasteiger partial charge in [-0.2, -0.15) is 0 Å².